The van der Waals surface area contributed by atoms with E-state index in [4.69, 9.17) is 5.73 Å². The van der Waals surface area contributed by atoms with E-state index in [1.807, 2.05) is 0 Å². The molecule has 0 aliphatic carbocycles. The van der Waals surface area contributed by atoms with Crippen LogP contribution in [0.15, 0.2) is 18.7 Å². The summed E-state index contributed by atoms with van der Waals surface area (Å²) in [7, 11) is 0. The molecule has 0 radical (unpaired) electrons. The Labute approximate surface area is 65.9 Å². The topological polar surface area (TPSA) is 63.8 Å². The number of anilines is 1. The van der Waals surface area contributed by atoms with Crippen LogP contribution in [0.2, 0.25) is 0 Å². The minimum absolute atomic E-state index is 0.709. The van der Waals surface area contributed by atoms with E-state index in [-0.39, 0.29) is 0 Å². The van der Waals surface area contributed by atoms with Crippen LogP contribution >= 0.6 is 0 Å². The van der Waals surface area contributed by atoms with Gasteiger partial charge in [0.05, 0.1) is 18.1 Å². The lowest BCUT2D eigenvalue weighted by Gasteiger charge is -2.02. The molecule has 4 nitrogen and oxygen atoms in total. The van der Waals surface area contributed by atoms with Gasteiger partial charge in [0.15, 0.2) is 0 Å². The van der Waals surface area contributed by atoms with Crippen molar-refractivity contribution in [3.8, 4) is 0 Å². The Balaban J connectivity index is 2.28. The van der Waals surface area contributed by atoms with Crippen LogP contribution in [0.1, 0.15) is 6.42 Å². The Morgan fingerprint density at radius 1 is 1.36 bits per heavy atom. The molecule has 60 valence electrons. The molecular formula is C7H12N4. The van der Waals surface area contributed by atoms with Gasteiger partial charge in [0, 0.05) is 6.54 Å². The van der Waals surface area contributed by atoms with Crippen molar-refractivity contribution in [2.75, 3.05) is 18.4 Å². The highest BCUT2D eigenvalue weighted by Crippen LogP contribution is 1.98. The summed E-state index contributed by atoms with van der Waals surface area (Å²) >= 11 is 0. The summed E-state index contributed by atoms with van der Waals surface area (Å²) in [5.41, 5.74) is 6.27. The van der Waals surface area contributed by atoms with E-state index in [1.54, 1.807) is 12.4 Å². The average Bonchev–Trinajstić information content (AvgIpc) is 2.07. The van der Waals surface area contributed by atoms with Crippen molar-refractivity contribution in [2.45, 2.75) is 6.42 Å². The highest BCUT2D eigenvalue weighted by molar-refractivity contribution is 5.36. The summed E-state index contributed by atoms with van der Waals surface area (Å²) in [6, 6.07) is 0. The van der Waals surface area contributed by atoms with Crippen molar-refractivity contribution < 1.29 is 0 Å². The predicted octanol–water partition coefficient (Wildman–Crippen LogP) is 0.237. The second-order valence-electron chi connectivity index (χ2n) is 2.20. The highest BCUT2D eigenvalue weighted by atomic mass is 14.9. The molecule has 0 unspecified atom stereocenters. The molecule has 11 heavy (non-hydrogen) atoms. The zero-order chi connectivity index (χ0) is 7.94. The third kappa shape index (κ3) is 2.95. The van der Waals surface area contributed by atoms with Gasteiger partial charge in [-0.15, -0.1) is 0 Å². The first-order chi connectivity index (χ1) is 5.43. The lowest BCUT2D eigenvalue weighted by molar-refractivity contribution is 0.872. The Morgan fingerprint density at radius 2 is 2.09 bits per heavy atom. The van der Waals surface area contributed by atoms with Gasteiger partial charge in [0.2, 0.25) is 0 Å². The van der Waals surface area contributed by atoms with Gasteiger partial charge >= 0.3 is 0 Å². The van der Waals surface area contributed by atoms with Crippen LogP contribution in [0, 0.1) is 0 Å². The van der Waals surface area contributed by atoms with E-state index in [9.17, 15) is 0 Å². The fourth-order valence-electron chi connectivity index (χ4n) is 0.725. The standard InChI is InChI=1S/C7H12N4/c8-2-1-3-11-7-4-9-6-10-5-7/h4-6,11H,1-3,8H2. The summed E-state index contributed by atoms with van der Waals surface area (Å²) in [4.78, 5) is 7.72. The molecule has 4 heteroatoms. The van der Waals surface area contributed by atoms with Crippen LogP contribution in [0.3, 0.4) is 0 Å². The third-order valence-electron chi connectivity index (χ3n) is 1.27. The number of nitrogens with zero attached hydrogens (tertiary/aromatic N) is 2. The van der Waals surface area contributed by atoms with E-state index >= 15 is 0 Å². The lowest BCUT2D eigenvalue weighted by Crippen LogP contribution is -2.08. The van der Waals surface area contributed by atoms with Gasteiger partial charge in [-0.1, -0.05) is 0 Å². The van der Waals surface area contributed by atoms with Crippen LogP contribution in [0.25, 0.3) is 0 Å². The summed E-state index contributed by atoms with van der Waals surface area (Å²) in [5, 5.41) is 3.14. The van der Waals surface area contributed by atoms with Crippen molar-refractivity contribution in [1.29, 1.82) is 0 Å². The molecule has 0 saturated carbocycles. The minimum Gasteiger partial charge on any atom is -0.383 e. The second-order valence-corrected chi connectivity index (χ2v) is 2.20. The van der Waals surface area contributed by atoms with E-state index in [0.717, 1.165) is 18.7 Å². The van der Waals surface area contributed by atoms with E-state index in [1.165, 1.54) is 6.33 Å². The quantitative estimate of drug-likeness (QED) is 0.606. The zero-order valence-electron chi connectivity index (χ0n) is 6.33. The Morgan fingerprint density at radius 3 is 2.73 bits per heavy atom. The van der Waals surface area contributed by atoms with Gasteiger partial charge in [-0.05, 0) is 13.0 Å². The first-order valence-corrected chi connectivity index (χ1v) is 3.62. The fraction of sp³-hybridized carbons (Fsp3) is 0.429. The molecule has 1 aromatic heterocycles. The molecule has 1 rings (SSSR count). The van der Waals surface area contributed by atoms with Crippen LogP contribution in [-0.4, -0.2) is 23.1 Å². The fourth-order valence-corrected chi connectivity index (χ4v) is 0.725. The van der Waals surface area contributed by atoms with Gasteiger partial charge in [-0.25, -0.2) is 9.97 Å². The van der Waals surface area contributed by atoms with Crippen molar-refractivity contribution in [3.05, 3.63) is 18.7 Å². The maximum atomic E-state index is 5.32. The summed E-state index contributed by atoms with van der Waals surface area (Å²) in [5.74, 6) is 0. The molecule has 0 aromatic carbocycles. The molecule has 0 aliphatic rings. The molecule has 0 spiro atoms. The highest BCUT2D eigenvalue weighted by Gasteiger charge is 1.88. The number of hydrogen-bond donors (Lipinski definition) is 2. The maximum absolute atomic E-state index is 5.32. The molecule has 1 aromatic rings. The van der Waals surface area contributed by atoms with Gasteiger partial charge < -0.3 is 11.1 Å². The van der Waals surface area contributed by atoms with Gasteiger partial charge in [-0.3, -0.25) is 0 Å². The van der Waals surface area contributed by atoms with Crippen LogP contribution < -0.4 is 11.1 Å². The number of nitrogens with one attached hydrogen (secondary N) is 1. The van der Waals surface area contributed by atoms with Crippen LogP contribution in [0.5, 0.6) is 0 Å². The number of aromatic nitrogens is 2. The zero-order valence-corrected chi connectivity index (χ0v) is 6.33. The van der Waals surface area contributed by atoms with E-state index in [0.29, 0.717) is 6.54 Å². The molecular weight excluding hydrogens is 140 g/mol. The summed E-state index contributed by atoms with van der Waals surface area (Å²) in [6.07, 6.45) is 5.95. The molecule has 0 aliphatic heterocycles. The van der Waals surface area contributed by atoms with Gasteiger partial charge in [0.1, 0.15) is 6.33 Å². The molecule has 0 fully saturated rings. The van der Waals surface area contributed by atoms with Crippen molar-refractivity contribution in [3.63, 3.8) is 0 Å². The number of hydrogen-bond acceptors (Lipinski definition) is 4. The Bertz CT molecular complexity index is 187. The Hall–Kier alpha value is -1.16. The maximum Gasteiger partial charge on any atom is 0.115 e. The van der Waals surface area contributed by atoms with Gasteiger partial charge in [-0.2, -0.15) is 0 Å². The average molecular weight is 152 g/mol. The smallest absolute Gasteiger partial charge is 0.115 e. The monoisotopic (exact) mass is 152 g/mol. The predicted molar refractivity (Wildman–Crippen MR) is 44.2 cm³/mol. The van der Waals surface area contributed by atoms with Crippen molar-refractivity contribution >= 4 is 5.69 Å². The van der Waals surface area contributed by atoms with Gasteiger partial charge in [0.25, 0.3) is 0 Å². The number of nitrogens with two attached hydrogens (primary N) is 1. The van der Waals surface area contributed by atoms with Crippen LogP contribution in [-0.2, 0) is 0 Å². The first kappa shape index (κ1) is 7.94. The molecule has 1 heterocycles. The third-order valence-corrected chi connectivity index (χ3v) is 1.27. The van der Waals surface area contributed by atoms with E-state index in [2.05, 4.69) is 15.3 Å². The van der Waals surface area contributed by atoms with Crippen molar-refractivity contribution in [2.24, 2.45) is 5.73 Å². The molecule has 0 amide bonds. The SMILES string of the molecule is NCCCNc1cncnc1. The largest absolute Gasteiger partial charge is 0.383 e. The first-order valence-electron chi connectivity index (χ1n) is 3.62. The molecule has 0 saturated heterocycles. The van der Waals surface area contributed by atoms with Crippen molar-refractivity contribution in [1.82, 2.24) is 9.97 Å². The summed E-state index contributed by atoms with van der Waals surface area (Å²) in [6.45, 7) is 1.59. The molecule has 3 N–H and O–H groups in total. The molecule has 0 bridgehead atoms. The summed E-state index contributed by atoms with van der Waals surface area (Å²) < 4.78 is 0. The Kier molecular flexibility index (Phi) is 3.34. The minimum atomic E-state index is 0.709. The van der Waals surface area contributed by atoms with E-state index < -0.39 is 0 Å². The lowest BCUT2D eigenvalue weighted by atomic mass is 10.4. The second kappa shape index (κ2) is 4.62. The van der Waals surface area contributed by atoms with Crippen LogP contribution in [0.4, 0.5) is 5.69 Å². The normalized spacial score (nSPS) is 9.55. The number of rotatable bonds is 4. The molecule has 0 atom stereocenters.